The first-order chi connectivity index (χ1) is 11.9. The first-order valence-electron chi connectivity index (χ1n) is 9.73. The molecule has 4 heteroatoms. The summed E-state index contributed by atoms with van der Waals surface area (Å²) in [4.78, 5) is 0. The van der Waals surface area contributed by atoms with E-state index in [9.17, 15) is 0 Å². The third kappa shape index (κ3) is 4.08. The molecule has 0 atom stereocenters. The average Bonchev–Trinajstić information content (AvgIpc) is 3.05. The van der Waals surface area contributed by atoms with Gasteiger partial charge < -0.3 is 20.5 Å². The topological polar surface area (TPSA) is 56.5 Å². The molecule has 1 aliphatic heterocycles. The van der Waals surface area contributed by atoms with Crippen LogP contribution in [-0.2, 0) is 20.4 Å². The van der Waals surface area contributed by atoms with Crippen LogP contribution in [0.15, 0.2) is 24.3 Å². The molecular weight excluding hydrogens is 312 g/mol. The molecule has 1 aromatic rings. The van der Waals surface area contributed by atoms with Crippen LogP contribution in [0.1, 0.15) is 64.0 Å². The van der Waals surface area contributed by atoms with Crippen molar-refractivity contribution in [1.82, 2.24) is 5.32 Å². The first kappa shape index (κ1) is 18.8. The summed E-state index contributed by atoms with van der Waals surface area (Å²) in [5.41, 5.74) is 8.65. The first-order valence-corrected chi connectivity index (χ1v) is 9.73. The van der Waals surface area contributed by atoms with Crippen molar-refractivity contribution in [1.29, 1.82) is 0 Å². The molecule has 1 saturated carbocycles. The lowest BCUT2D eigenvalue weighted by atomic mass is 9.73. The Morgan fingerprint density at radius 2 is 1.76 bits per heavy atom. The van der Waals surface area contributed by atoms with Gasteiger partial charge >= 0.3 is 0 Å². The molecule has 140 valence electrons. The number of nitrogens with two attached hydrogens (primary N) is 1. The van der Waals surface area contributed by atoms with Crippen LogP contribution in [0, 0.1) is 0 Å². The van der Waals surface area contributed by atoms with E-state index in [0.717, 1.165) is 58.4 Å². The zero-order valence-corrected chi connectivity index (χ0v) is 16.1. The van der Waals surface area contributed by atoms with E-state index in [1.54, 1.807) is 0 Å². The Balaban J connectivity index is 1.85. The second-order valence-electron chi connectivity index (χ2n) is 8.59. The van der Waals surface area contributed by atoms with Gasteiger partial charge in [-0.1, -0.05) is 45.0 Å². The summed E-state index contributed by atoms with van der Waals surface area (Å²) < 4.78 is 11.9. The van der Waals surface area contributed by atoms with Gasteiger partial charge in [-0.15, -0.1) is 0 Å². The fourth-order valence-corrected chi connectivity index (χ4v) is 4.12. The molecule has 0 amide bonds. The standard InChI is InChI=1S/C21H34N2O2/c1-19(2,3)17-6-4-7-18(16-17)20(23-13-5-12-22)8-10-21(11-9-20)24-14-15-25-21/h4,6-7,16,23H,5,8-15,22H2,1-3H3. The molecule has 1 spiro atoms. The molecule has 25 heavy (non-hydrogen) atoms. The lowest BCUT2D eigenvalue weighted by Crippen LogP contribution is -2.50. The highest BCUT2D eigenvalue weighted by Gasteiger charge is 2.46. The van der Waals surface area contributed by atoms with Crippen LogP contribution in [0.5, 0.6) is 0 Å². The van der Waals surface area contributed by atoms with Crippen molar-refractivity contribution in [2.24, 2.45) is 5.73 Å². The van der Waals surface area contributed by atoms with Crippen LogP contribution in [0.25, 0.3) is 0 Å². The van der Waals surface area contributed by atoms with Crippen LogP contribution < -0.4 is 11.1 Å². The maximum atomic E-state index is 5.94. The molecule has 1 heterocycles. The molecule has 0 aromatic heterocycles. The predicted molar refractivity (Wildman–Crippen MR) is 102 cm³/mol. The predicted octanol–water partition coefficient (Wildman–Crippen LogP) is 3.43. The number of benzene rings is 1. The van der Waals surface area contributed by atoms with Crippen molar-refractivity contribution < 1.29 is 9.47 Å². The van der Waals surface area contributed by atoms with Gasteiger partial charge in [-0.25, -0.2) is 0 Å². The zero-order valence-electron chi connectivity index (χ0n) is 16.1. The SMILES string of the molecule is CC(C)(C)c1cccc(C2(NCCCN)CCC3(CC2)OCCO3)c1. The smallest absolute Gasteiger partial charge is 0.168 e. The van der Waals surface area contributed by atoms with Crippen LogP contribution in [0.4, 0.5) is 0 Å². The van der Waals surface area contributed by atoms with Gasteiger partial charge in [-0.3, -0.25) is 0 Å². The fraction of sp³-hybridized carbons (Fsp3) is 0.714. The Labute approximate surface area is 152 Å². The van der Waals surface area contributed by atoms with Gasteiger partial charge in [0.2, 0.25) is 0 Å². The molecule has 1 aliphatic carbocycles. The third-order valence-corrected chi connectivity index (χ3v) is 5.80. The summed E-state index contributed by atoms with van der Waals surface area (Å²) in [6.45, 7) is 9.95. The molecule has 0 bridgehead atoms. The van der Waals surface area contributed by atoms with E-state index in [1.165, 1.54) is 11.1 Å². The van der Waals surface area contributed by atoms with Crippen molar-refractivity contribution in [2.75, 3.05) is 26.3 Å². The van der Waals surface area contributed by atoms with E-state index in [0.29, 0.717) is 0 Å². The monoisotopic (exact) mass is 346 g/mol. The van der Waals surface area contributed by atoms with Crippen molar-refractivity contribution in [3.63, 3.8) is 0 Å². The Hall–Kier alpha value is -0.940. The van der Waals surface area contributed by atoms with Crippen molar-refractivity contribution in [3.05, 3.63) is 35.4 Å². The number of hydrogen-bond acceptors (Lipinski definition) is 4. The van der Waals surface area contributed by atoms with E-state index < -0.39 is 0 Å². The summed E-state index contributed by atoms with van der Waals surface area (Å²) in [5.74, 6) is -0.333. The van der Waals surface area contributed by atoms with Crippen LogP contribution in [0.2, 0.25) is 0 Å². The van der Waals surface area contributed by atoms with E-state index in [4.69, 9.17) is 15.2 Å². The molecule has 2 aliphatic rings. The Bertz CT molecular complexity index is 564. The highest BCUT2D eigenvalue weighted by Crippen LogP contribution is 2.45. The number of nitrogens with one attached hydrogen (secondary N) is 1. The molecule has 0 radical (unpaired) electrons. The second-order valence-corrected chi connectivity index (χ2v) is 8.59. The highest BCUT2D eigenvalue weighted by molar-refractivity contribution is 5.34. The van der Waals surface area contributed by atoms with E-state index >= 15 is 0 Å². The fourth-order valence-electron chi connectivity index (χ4n) is 4.12. The minimum absolute atomic E-state index is 0.00299. The minimum Gasteiger partial charge on any atom is -0.348 e. The summed E-state index contributed by atoms with van der Waals surface area (Å²) in [5, 5.41) is 3.85. The summed E-state index contributed by atoms with van der Waals surface area (Å²) >= 11 is 0. The maximum Gasteiger partial charge on any atom is 0.168 e. The zero-order chi connectivity index (χ0) is 18.0. The van der Waals surface area contributed by atoms with Gasteiger partial charge in [0.15, 0.2) is 5.79 Å². The maximum absolute atomic E-state index is 5.94. The molecule has 1 saturated heterocycles. The summed E-state index contributed by atoms with van der Waals surface area (Å²) in [6, 6.07) is 9.11. The van der Waals surface area contributed by atoms with E-state index in [2.05, 4.69) is 50.4 Å². The van der Waals surface area contributed by atoms with Crippen molar-refractivity contribution in [2.45, 2.75) is 69.6 Å². The molecule has 3 N–H and O–H groups in total. The summed E-state index contributed by atoms with van der Waals surface area (Å²) in [6.07, 6.45) is 4.96. The Kier molecular flexibility index (Phi) is 5.54. The van der Waals surface area contributed by atoms with Gasteiger partial charge in [0.05, 0.1) is 13.2 Å². The van der Waals surface area contributed by atoms with E-state index in [-0.39, 0.29) is 16.7 Å². The second kappa shape index (κ2) is 7.36. The largest absolute Gasteiger partial charge is 0.348 e. The van der Waals surface area contributed by atoms with Gasteiger partial charge in [0.1, 0.15) is 0 Å². The Morgan fingerprint density at radius 1 is 1.08 bits per heavy atom. The highest BCUT2D eigenvalue weighted by atomic mass is 16.7. The molecular formula is C21H34N2O2. The average molecular weight is 347 g/mol. The lowest BCUT2D eigenvalue weighted by molar-refractivity contribution is -0.187. The van der Waals surface area contributed by atoms with Gasteiger partial charge in [0, 0.05) is 18.4 Å². The van der Waals surface area contributed by atoms with Gasteiger partial charge in [-0.05, 0) is 48.9 Å². The number of ether oxygens (including phenoxy) is 2. The minimum atomic E-state index is -0.333. The third-order valence-electron chi connectivity index (χ3n) is 5.80. The Morgan fingerprint density at radius 3 is 2.36 bits per heavy atom. The summed E-state index contributed by atoms with van der Waals surface area (Å²) in [7, 11) is 0. The van der Waals surface area contributed by atoms with Crippen molar-refractivity contribution >= 4 is 0 Å². The molecule has 1 aromatic carbocycles. The molecule has 4 nitrogen and oxygen atoms in total. The van der Waals surface area contributed by atoms with Crippen LogP contribution >= 0.6 is 0 Å². The van der Waals surface area contributed by atoms with Crippen LogP contribution in [0.3, 0.4) is 0 Å². The normalized spacial score (nSPS) is 22.4. The molecule has 3 rings (SSSR count). The number of rotatable bonds is 5. The number of hydrogen-bond donors (Lipinski definition) is 2. The van der Waals surface area contributed by atoms with E-state index in [1.807, 2.05) is 0 Å². The molecule has 0 unspecified atom stereocenters. The lowest BCUT2D eigenvalue weighted by Gasteiger charge is -2.45. The molecule has 2 fully saturated rings. The van der Waals surface area contributed by atoms with Gasteiger partial charge in [0.25, 0.3) is 0 Å². The van der Waals surface area contributed by atoms with Gasteiger partial charge in [-0.2, -0.15) is 0 Å². The quantitative estimate of drug-likeness (QED) is 0.802. The van der Waals surface area contributed by atoms with Crippen LogP contribution in [-0.4, -0.2) is 32.1 Å². The van der Waals surface area contributed by atoms with Crippen molar-refractivity contribution in [3.8, 4) is 0 Å².